The maximum Gasteiger partial charge on any atom is 0.315 e. The van der Waals surface area contributed by atoms with Gasteiger partial charge in [0.15, 0.2) is 0 Å². The second kappa shape index (κ2) is 10.4. The third-order valence-electron chi connectivity index (χ3n) is 5.58. The van der Waals surface area contributed by atoms with Crippen molar-refractivity contribution in [3.05, 3.63) is 23.5 Å². The Labute approximate surface area is 187 Å². The lowest BCUT2D eigenvalue weighted by Gasteiger charge is -2.27. The van der Waals surface area contributed by atoms with Gasteiger partial charge in [-0.3, -0.25) is 4.79 Å². The molecule has 1 saturated carbocycles. The number of nitrogens with one attached hydrogen (secondary N) is 2. The zero-order valence-electron chi connectivity index (χ0n) is 19.1. The Morgan fingerprint density at radius 1 is 1.28 bits per heavy atom. The van der Waals surface area contributed by atoms with Crippen LogP contribution in [0.5, 0.6) is 5.75 Å². The molecular formula is C22H32N6O4. The lowest BCUT2D eigenvalue weighted by Crippen LogP contribution is -2.37. The number of hydrogen-bond acceptors (Lipinski definition) is 6. The molecule has 2 amide bonds. The van der Waals surface area contributed by atoms with E-state index in [1.165, 1.54) is 0 Å². The van der Waals surface area contributed by atoms with Gasteiger partial charge in [-0.15, -0.1) is 5.10 Å². The minimum absolute atomic E-state index is 0.128. The number of aryl methyl sites for hydroxylation is 2. The second-order valence-corrected chi connectivity index (χ2v) is 8.69. The molecule has 174 valence electrons. The number of pyridine rings is 1. The fraction of sp³-hybridized carbons (Fsp3) is 0.591. The van der Waals surface area contributed by atoms with E-state index in [1.54, 1.807) is 11.7 Å². The van der Waals surface area contributed by atoms with E-state index in [4.69, 9.17) is 4.74 Å². The highest BCUT2D eigenvalue weighted by molar-refractivity contribution is 5.74. The van der Waals surface area contributed by atoms with Gasteiger partial charge in [0.2, 0.25) is 0 Å². The van der Waals surface area contributed by atoms with Crippen molar-refractivity contribution in [2.24, 2.45) is 18.9 Å². The van der Waals surface area contributed by atoms with Crippen LogP contribution in [0, 0.1) is 18.8 Å². The Morgan fingerprint density at radius 2 is 2.06 bits per heavy atom. The largest absolute Gasteiger partial charge is 0.489 e. The topological polar surface area (TPSA) is 131 Å². The summed E-state index contributed by atoms with van der Waals surface area (Å²) in [5.41, 5.74) is 2.66. The Bertz CT molecular complexity index is 958. The maximum atomic E-state index is 12.0. The van der Waals surface area contributed by atoms with E-state index in [0.717, 1.165) is 18.5 Å². The summed E-state index contributed by atoms with van der Waals surface area (Å²) in [7, 11) is 1.77. The zero-order chi connectivity index (χ0) is 23.3. The van der Waals surface area contributed by atoms with Gasteiger partial charge in [-0.1, -0.05) is 19.1 Å². The normalized spacial score (nSPS) is 18.4. The van der Waals surface area contributed by atoms with Crippen LogP contribution < -0.4 is 15.4 Å². The molecule has 2 atom stereocenters. The van der Waals surface area contributed by atoms with Crippen molar-refractivity contribution in [1.82, 2.24) is 30.6 Å². The van der Waals surface area contributed by atoms with E-state index in [0.29, 0.717) is 48.1 Å². The lowest BCUT2D eigenvalue weighted by molar-refractivity contribution is -0.143. The molecule has 0 aromatic carbocycles. The van der Waals surface area contributed by atoms with Gasteiger partial charge in [0.25, 0.3) is 0 Å². The van der Waals surface area contributed by atoms with Gasteiger partial charge in [0.1, 0.15) is 11.4 Å². The number of hydrogen-bond donors (Lipinski definition) is 3. The first-order valence-corrected chi connectivity index (χ1v) is 11.0. The molecule has 2 aromatic heterocycles. The predicted molar refractivity (Wildman–Crippen MR) is 118 cm³/mol. The molecule has 0 radical (unpaired) electrons. The molecular weight excluding hydrogens is 412 g/mol. The summed E-state index contributed by atoms with van der Waals surface area (Å²) in [6.45, 7) is 6.77. The number of aliphatic carboxylic acids is 1. The minimum atomic E-state index is -0.759. The number of carbonyl (C=O) groups is 2. The average Bonchev–Trinajstić information content (AvgIpc) is 3.12. The Balaban J connectivity index is 1.68. The smallest absolute Gasteiger partial charge is 0.315 e. The van der Waals surface area contributed by atoms with Crippen LogP contribution in [-0.2, 0) is 18.4 Å². The number of carbonyl (C=O) groups excluding carboxylic acids is 1. The summed E-state index contributed by atoms with van der Waals surface area (Å²) in [6.07, 6.45) is 2.76. The third kappa shape index (κ3) is 5.95. The fourth-order valence-corrected chi connectivity index (χ4v) is 3.76. The standard InChI is InChI=1S/C22H32N6O4/c1-13(2)11-23-22(31)24-12-18-20(26-27-28(18)4)17-8-9-19(14(3)25-17)32-16-7-5-6-15(10-16)21(29)30/h8-9,13,15-16H,5-7,10-12H2,1-4H3,(H,29,30)(H2,23,24,31)/t15-,16-/m0/s1. The molecule has 3 rings (SSSR count). The first kappa shape index (κ1) is 23.5. The highest BCUT2D eigenvalue weighted by Crippen LogP contribution is 2.30. The predicted octanol–water partition coefficient (Wildman–Crippen LogP) is 2.66. The van der Waals surface area contributed by atoms with Gasteiger partial charge in [-0.05, 0) is 50.7 Å². The summed E-state index contributed by atoms with van der Waals surface area (Å²) >= 11 is 0. The molecule has 3 N–H and O–H groups in total. The molecule has 1 aliphatic rings. The van der Waals surface area contributed by atoms with Crippen molar-refractivity contribution in [1.29, 1.82) is 0 Å². The van der Waals surface area contributed by atoms with Crippen molar-refractivity contribution in [2.75, 3.05) is 6.54 Å². The second-order valence-electron chi connectivity index (χ2n) is 8.69. The van der Waals surface area contributed by atoms with Crippen LogP contribution in [0.2, 0.25) is 0 Å². The monoisotopic (exact) mass is 444 g/mol. The van der Waals surface area contributed by atoms with Crippen LogP contribution in [0.25, 0.3) is 11.4 Å². The van der Waals surface area contributed by atoms with Crippen molar-refractivity contribution in [2.45, 2.75) is 59.1 Å². The highest BCUT2D eigenvalue weighted by Gasteiger charge is 2.28. The molecule has 10 nitrogen and oxygen atoms in total. The van der Waals surface area contributed by atoms with Crippen molar-refractivity contribution in [3.63, 3.8) is 0 Å². The quantitative estimate of drug-likeness (QED) is 0.570. The van der Waals surface area contributed by atoms with Crippen molar-refractivity contribution < 1.29 is 19.4 Å². The summed E-state index contributed by atoms with van der Waals surface area (Å²) < 4.78 is 7.70. The van der Waals surface area contributed by atoms with Crippen molar-refractivity contribution in [3.8, 4) is 17.1 Å². The van der Waals surface area contributed by atoms with Gasteiger partial charge in [0.05, 0.1) is 35.6 Å². The zero-order valence-corrected chi connectivity index (χ0v) is 19.1. The number of urea groups is 1. The van der Waals surface area contributed by atoms with Gasteiger partial charge >= 0.3 is 12.0 Å². The van der Waals surface area contributed by atoms with E-state index in [1.807, 2.05) is 32.9 Å². The van der Waals surface area contributed by atoms with Gasteiger partial charge in [-0.25, -0.2) is 14.5 Å². The SMILES string of the molecule is Cc1nc(-c2nnn(C)c2CNC(=O)NCC(C)C)ccc1O[C@H]1CCC[C@H](C(=O)O)C1. The number of amides is 2. The fourth-order valence-electron chi connectivity index (χ4n) is 3.76. The third-order valence-corrected chi connectivity index (χ3v) is 5.58. The van der Waals surface area contributed by atoms with Gasteiger partial charge in [-0.2, -0.15) is 0 Å². The van der Waals surface area contributed by atoms with E-state index in [2.05, 4.69) is 25.9 Å². The van der Waals surface area contributed by atoms with E-state index in [-0.39, 0.29) is 24.6 Å². The molecule has 10 heteroatoms. The van der Waals surface area contributed by atoms with E-state index < -0.39 is 5.97 Å². The number of rotatable bonds is 8. The number of carboxylic acid groups (broad SMARTS) is 1. The number of nitrogens with zero attached hydrogens (tertiary/aromatic N) is 4. The van der Waals surface area contributed by atoms with Crippen LogP contribution in [0.1, 0.15) is 50.9 Å². The van der Waals surface area contributed by atoms with Crippen molar-refractivity contribution >= 4 is 12.0 Å². The summed E-state index contributed by atoms with van der Waals surface area (Å²) in [6, 6.07) is 3.40. The molecule has 2 heterocycles. The minimum Gasteiger partial charge on any atom is -0.489 e. The van der Waals surface area contributed by atoms with Crippen LogP contribution in [0.15, 0.2) is 12.1 Å². The van der Waals surface area contributed by atoms with E-state index in [9.17, 15) is 14.7 Å². The molecule has 0 spiro atoms. The van der Waals surface area contributed by atoms with E-state index >= 15 is 0 Å². The van der Waals surface area contributed by atoms with Crippen LogP contribution >= 0.6 is 0 Å². The lowest BCUT2D eigenvalue weighted by atomic mass is 9.87. The molecule has 32 heavy (non-hydrogen) atoms. The van der Waals surface area contributed by atoms with Crippen LogP contribution in [0.4, 0.5) is 4.79 Å². The van der Waals surface area contributed by atoms with Gasteiger partial charge in [0, 0.05) is 13.6 Å². The summed E-state index contributed by atoms with van der Waals surface area (Å²) in [5.74, 6) is -0.105. The Morgan fingerprint density at radius 3 is 2.75 bits per heavy atom. The number of ether oxygens (including phenoxy) is 1. The first-order chi connectivity index (χ1) is 15.2. The molecule has 0 aliphatic heterocycles. The Kier molecular flexibility index (Phi) is 7.66. The van der Waals surface area contributed by atoms with Gasteiger partial charge < -0.3 is 20.5 Å². The molecule has 2 aromatic rings. The molecule has 0 saturated heterocycles. The highest BCUT2D eigenvalue weighted by atomic mass is 16.5. The molecule has 0 unspecified atom stereocenters. The summed E-state index contributed by atoms with van der Waals surface area (Å²) in [5, 5.41) is 23.2. The molecule has 1 aliphatic carbocycles. The summed E-state index contributed by atoms with van der Waals surface area (Å²) in [4.78, 5) is 28.0. The van der Waals surface area contributed by atoms with Crippen LogP contribution in [-0.4, -0.2) is 49.7 Å². The van der Waals surface area contributed by atoms with Crippen LogP contribution in [0.3, 0.4) is 0 Å². The number of aromatic nitrogens is 4. The average molecular weight is 445 g/mol. The molecule has 0 bridgehead atoms. The maximum absolute atomic E-state index is 12.0. The number of carboxylic acids is 1. The Hall–Kier alpha value is -3.17. The first-order valence-electron chi connectivity index (χ1n) is 11.0. The molecule has 1 fully saturated rings.